The number of benzene rings is 1. The Morgan fingerprint density at radius 1 is 1.36 bits per heavy atom. The number of methoxy groups -OCH3 is 1. The largest absolute Gasteiger partial charge is 0.504 e. The molecule has 0 spiro atoms. The molecule has 0 aliphatic carbocycles. The van der Waals surface area contributed by atoms with Crippen LogP contribution in [0.3, 0.4) is 0 Å². The van der Waals surface area contributed by atoms with Gasteiger partial charge in [-0.05, 0) is 17.7 Å². The third-order valence-electron chi connectivity index (χ3n) is 1.87. The number of ether oxygens (including phenoxy) is 1. The van der Waals surface area contributed by atoms with E-state index in [2.05, 4.69) is 0 Å². The van der Waals surface area contributed by atoms with Crippen molar-refractivity contribution in [3.8, 4) is 11.5 Å². The lowest BCUT2D eigenvalue weighted by molar-refractivity contribution is 0.110. The molecule has 0 amide bonds. The fourth-order valence-corrected chi connectivity index (χ4v) is 1.11. The van der Waals surface area contributed by atoms with E-state index in [1.165, 1.54) is 12.1 Å². The van der Waals surface area contributed by atoms with Gasteiger partial charge in [0.15, 0.2) is 11.5 Å². The molecule has 14 heavy (non-hydrogen) atoms. The van der Waals surface area contributed by atoms with Crippen LogP contribution in [0.15, 0.2) is 18.2 Å². The molecule has 80 valence electrons. The van der Waals surface area contributed by atoms with E-state index in [4.69, 9.17) is 15.6 Å². The Kier molecular flexibility index (Phi) is 5.30. The van der Waals surface area contributed by atoms with Crippen molar-refractivity contribution in [1.82, 2.24) is 0 Å². The van der Waals surface area contributed by atoms with Gasteiger partial charge in [0, 0.05) is 13.7 Å². The van der Waals surface area contributed by atoms with Gasteiger partial charge in [-0.1, -0.05) is 6.07 Å². The van der Waals surface area contributed by atoms with Gasteiger partial charge in [-0.2, -0.15) is 0 Å². The molecule has 0 fully saturated rings. The number of hydrogen-bond acceptors (Lipinski definition) is 4. The molecule has 5 heteroatoms. The average molecular weight is 220 g/mol. The van der Waals surface area contributed by atoms with Gasteiger partial charge >= 0.3 is 0 Å². The van der Waals surface area contributed by atoms with Crippen LogP contribution in [-0.4, -0.2) is 23.9 Å². The fraction of sp³-hybridized carbons (Fsp3) is 0.333. The summed E-state index contributed by atoms with van der Waals surface area (Å²) in [6.07, 6.45) is -0.244. The van der Waals surface area contributed by atoms with Crippen LogP contribution in [0.1, 0.15) is 11.7 Å². The van der Waals surface area contributed by atoms with Gasteiger partial charge in [0.25, 0.3) is 0 Å². The predicted octanol–water partition coefficient (Wildman–Crippen LogP) is 1.17. The first-order valence-corrected chi connectivity index (χ1v) is 3.93. The summed E-state index contributed by atoms with van der Waals surface area (Å²) in [6.45, 7) is 0.334. The van der Waals surface area contributed by atoms with E-state index in [0.717, 1.165) is 5.56 Å². The molecule has 0 aliphatic rings. The van der Waals surface area contributed by atoms with Gasteiger partial charge in [0.1, 0.15) is 0 Å². The minimum Gasteiger partial charge on any atom is -0.504 e. The number of phenols is 2. The highest BCUT2D eigenvalue weighted by molar-refractivity contribution is 5.85. The molecule has 1 rings (SSSR count). The summed E-state index contributed by atoms with van der Waals surface area (Å²) < 4.78 is 5.06. The van der Waals surface area contributed by atoms with E-state index < -0.39 is 0 Å². The van der Waals surface area contributed by atoms with Crippen LogP contribution in [0.5, 0.6) is 11.5 Å². The van der Waals surface area contributed by atoms with Crippen LogP contribution in [0.25, 0.3) is 0 Å². The zero-order chi connectivity index (χ0) is 9.84. The van der Waals surface area contributed by atoms with Gasteiger partial charge in [-0.3, -0.25) is 0 Å². The number of phenolic OH excluding ortho intramolecular Hbond substituents is 2. The molecule has 0 saturated carbocycles. The van der Waals surface area contributed by atoms with E-state index in [-0.39, 0.29) is 30.0 Å². The van der Waals surface area contributed by atoms with E-state index in [9.17, 15) is 5.11 Å². The molecule has 1 aromatic carbocycles. The molecule has 0 bridgehead atoms. The van der Waals surface area contributed by atoms with Crippen molar-refractivity contribution >= 4 is 12.4 Å². The Bertz CT molecular complexity index is 289. The maximum atomic E-state index is 9.19. The van der Waals surface area contributed by atoms with Crippen molar-refractivity contribution in [2.75, 3.05) is 13.7 Å². The summed E-state index contributed by atoms with van der Waals surface area (Å²) in [4.78, 5) is 0. The lowest BCUT2D eigenvalue weighted by Crippen LogP contribution is -2.13. The first-order valence-electron chi connectivity index (χ1n) is 3.93. The first kappa shape index (κ1) is 13.0. The average Bonchev–Trinajstić information content (AvgIpc) is 2.13. The summed E-state index contributed by atoms with van der Waals surface area (Å²) in [5.74, 6) is -0.302. The van der Waals surface area contributed by atoms with Crippen LogP contribution in [-0.2, 0) is 4.74 Å². The minimum absolute atomic E-state index is 0. The Balaban J connectivity index is 0.00000169. The van der Waals surface area contributed by atoms with Gasteiger partial charge in [-0.25, -0.2) is 0 Å². The molecule has 0 aromatic heterocycles. The molecule has 0 saturated heterocycles. The van der Waals surface area contributed by atoms with Crippen LogP contribution >= 0.6 is 12.4 Å². The van der Waals surface area contributed by atoms with Crippen LogP contribution in [0, 0.1) is 0 Å². The predicted molar refractivity (Wildman–Crippen MR) is 55.8 cm³/mol. The van der Waals surface area contributed by atoms with E-state index in [1.54, 1.807) is 13.2 Å². The van der Waals surface area contributed by atoms with E-state index in [0.29, 0.717) is 6.54 Å². The lowest BCUT2D eigenvalue weighted by Gasteiger charge is -2.13. The number of nitrogens with two attached hydrogens (primary N) is 1. The van der Waals surface area contributed by atoms with Crippen LogP contribution in [0.2, 0.25) is 0 Å². The lowest BCUT2D eigenvalue weighted by atomic mass is 10.1. The molecule has 1 atom stereocenters. The molecule has 0 unspecified atom stereocenters. The summed E-state index contributed by atoms with van der Waals surface area (Å²) in [7, 11) is 1.54. The van der Waals surface area contributed by atoms with Gasteiger partial charge in [0.2, 0.25) is 0 Å². The maximum Gasteiger partial charge on any atom is 0.157 e. The normalized spacial score (nSPS) is 11.9. The highest BCUT2D eigenvalue weighted by Gasteiger charge is 2.09. The quantitative estimate of drug-likeness (QED) is 0.667. The molecule has 0 radical (unpaired) electrons. The SMILES string of the molecule is CO[C@@H](CN)c1ccc(O)c(O)c1.Cl. The van der Waals surface area contributed by atoms with Gasteiger partial charge < -0.3 is 20.7 Å². The topological polar surface area (TPSA) is 75.7 Å². The monoisotopic (exact) mass is 219 g/mol. The van der Waals surface area contributed by atoms with Crippen molar-refractivity contribution < 1.29 is 14.9 Å². The molecule has 1 aromatic rings. The van der Waals surface area contributed by atoms with Crippen molar-refractivity contribution in [2.45, 2.75) is 6.10 Å². The molecule has 4 N–H and O–H groups in total. The molecule has 0 aliphatic heterocycles. The second-order valence-electron chi connectivity index (χ2n) is 2.71. The van der Waals surface area contributed by atoms with Crippen molar-refractivity contribution in [3.63, 3.8) is 0 Å². The summed E-state index contributed by atoms with van der Waals surface area (Å²) in [5, 5.41) is 18.2. The van der Waals surface area contributed by atoms with E-state index in [1.807, 2.05) is 0 Å². The number of rotatable bonds is 3. The Hall–Kier alpha value is -0.970. The van der Waals surface area contributed by atoms with Gasteiger partial charge in [-0.15, -0.1) is 12.4 Å². The Labute approximate surface area is 88.7 Å². The Morgan fingerprint density at radius 3 is 2.43 bits per heavy atom. The number of halogens is 1. The van der Waals surface area contributed by atoms with Crippen LogP contribution < -0.4 is 5.73 Å². The highest BCUT2D eigenvalue weighted by atomic mass is 35.5. The highest BCUT2D eigenvalue weighted by Crippen LogP contribution is 2.28. The standard InChI is InChI=1S/C9H13NO3.ClH/c1-13-9(5-10)6-2-3-7(11)8(12)4-6;/h2-4,9,11-12H,5,10H2,1H3;1H/t9-;/m0./s1. The molecular weight excluding hydrogens is 206 g/mol. The second kappa shape index (κ2) is 5.70. The molecule has 4 nitrogen and oxygen atoms in total. The second-order valence-corrected chi connectivity index (χ2v) is 2.71. The van der Waals surface area contributed by atoms with Gasteiger partial charge in [0.05, 0.1) is 6.10 Å². The minimum atomic E-state index is -0.244. The molecule has 0 heterocycles. The third kappa shape index (κ3) is 2.77. The summed E-state index contributed by atoms with van der Waals surface area (Å²) >= 11 is 0. The zero-order valence-corrected chi connectivity index (χ0v) is 8.62. The first-order chi connectivity index (χ1) is 6.19. The van der Waals surface area contributed by atoms with E-state index >= 15 is 0 Å². The van der Waals surface area contributed by atoms with Crippen molar-refractivity contribution in [3.05, 3.63) is 23.8 Å². The van der Waals surface area contributed by atoms with Crippen molar-refractivity contribution in [2.24, 2.45) is 5.73 Å². The summed E-state index contributed by atoms with van der Waals surface area (Å²) in [5.41, 5.74) is 6.18. The summed E-state index contributed by atoms with van der Waals surface area (Å²) in [6, 6.07) is 4.51. The molecular formula is C9H14ClNO3. The zero-order valence-electron chi connectivity index (χ0n) is 7.80. The smallest absolute Gasteiger partial charge is 0.157 e. The maximum absolute atomic E-state index is 9.19. The van der Waals surface area contributed by atoms with Crippen molar-refractivity contribution in [1.29, 1.82) is 0 Å². The number of aromatic hydroxyl groups is 2. The van der Waals surface area contributed by atoms with Crippen LogP contribution in [0.4, 0.5) is 0 Å². The fourth-order valence-electron chi connectivity index (χ4n) is 1.11. The number of hydrogen-bond donors (Lipinski definition) is 3. The third-order valence-corrected chi connectivity index (χ3v) is 1.87. The Morgan fingerprint density at radius 2 is 2.00 bits per heavy atom.